The van der Waals surface area contributed by atoms with Crippen LogP contribution in [-0.2, 0) is 28.8 Å². The Kier molecular flexibility index (Phi) is 8.93. The van der Waals surface area contributed by atoms with Crippen LogP contribution in [0.25, 0.3) is 0 Å². The summed E-state index contributed by atoms with van der Waals surface area (Å²) in [6.07, 6.45) is -5.19. The van der Waals surface area contributed by atoms with E-state index < -0.39 is 70.1 Å². The van der Waals surface area contributed by atoms with Crippen LogP contribution in [0.5, 0.6) is 0 Å². The number of nitrogens with one attached hydrogen (secondary N) is 2. The lowest BCUT2D eigenvalue weighted by molar-refractivity contribution is -0.167. The lowest BCUT2D eigenvalue weighted by atomic mass is 9.89. The summed E-state index contributed by atoms with van der Waals surface area (Å²) in [4.78, 5) is 69.1. The number of alkyl halides is 3. The molecule has 2 saturated heterocycles. The first-order chi connectivity index (χ1) is 17.8. The number of fused-ring (bicyclic) bond motifs is 1. The van der Waals surface area contributed by atoms with Crippen molar-refractivity contribution in [2.75, 3.05) is 30.0 Å². The van der Waals surface area contributed by atoms with Crippen molar-refractivity contribution in [1.29, 1.82) is 0 Å². The van der Waals surface area contributed by atoms with E-state index in [1.54, 1.807) is 0 Å². The van der Waals surface area contributed by atoms with Gasteiger partial charge < -0.3 is 25.3 Å². The molecule has 0 aromatic carbocycles. The Bertz CT molecular complexity index is 1190. The molecule has 38 heavy (non-hydrogen) atoms. The third-order valence-electron chi connectivity index (χ3n) is 5.15. The van der Waals surface area contributed by atoms with Gasteiger partial charge in [0.25, 0.3) is 5.91 Å². The second-order valence-electron chi connectivity index (χ2n) is 7.78. The van der Waals surface area contributed by atoms with E-state index in [-0.39, 0.29) is 23.7 Å². The van der Waals surface area contributed by atoms with E-state index in [4.69, 9.17) is 5.11 Å². The van der Waals surface area contributed by atoms with Crippen molar-refractivity contribution in [3.8, 4) is 0 Å². The number of hydrogen-bond acceptors (Lipinski definition) is 11. The lowest BCUT2D eigenvalue weighted by Crippen LogP contribution is -2.74. The zero-order valence-corrected chi connectivity index (χ0v) is 21.3. The average Bonchev–Trinajstić information content (AvgIpc) is 3.30. The molecule has 0 radical (unpaired) electrons. The van der Waals surface area contributed by atoms with Crippen molar-refractivity contribution < 1.29 is 52.2 Å². The summed E-state index contributed by atoms with van der Waals surface area (Å²) in [6.45, 7) is 2.49. The molecule has 1 aromatic rings. The van der Waals surface area contributed by atoms with Crippen LogP contribution in [0.3, 0.4) is 0 Å². The number of aliphatic carboxylic acids is 2. The lowest BCUT2D eigenvalue weighted by Gasteiger charge is -2.53. The van der Waals surface area contributed by atoms with Crippen molar-refractivity contribution in [2.45, 2.75) is 17.6 Å². The molecule has 3 atom stereocenters. The van der Waals surface area contributed by atoms with Gasteiger partial charge in [-0.15, -0.1) is 34.9 Å². The van der Waals surface area contributed by atoms with Crippen LogP contribution < -0.4 is 10.6 Å². The third-order valence-corrected chi connectivity index (χ3v) is 8.45. The van der Waals surface area contributed by atoms with Gasteiger partial charge in [-0.25, -0.2) is 9.78 Å². The highest BCUT2D eigenvalue weighted by Crippen LogP contribution is 2.43. The van der Waals surface area contributed by atoms with Gasteiger partial charge in [0.05, 0.1) is 0 Å². The first-order valence-corrected chi connectivity index (χ1v) is 13.2. The highest BCUT2D eigenvalue weighted by Gasteiger charge is 2.57. The zero-order chi connectivity index (χ0) is 28.3. The molecule has 0 saturated carbocycles. The molecule has 0 aliphatic carbocycles. The second kappa shape index (κ2) is 11.6. The molecule has 13 nitrogen and oxygen atoms in total. The van der Waals surface area contributed by atoms with Crippen LogP contribution in [0.1, 0.15) is 5.69 Å². The maximum absolute atomic E-state index is 12.9. The monoisotopic (exact) mass is 597 g/mol. The molecule has 2 aliphatic rings. The molecular weight excluding hydrogens is 579 g/mol. The van der Waals surface area contributed by atoms with Gasteiger partial charge in [-0.05, 0) is 5.41 Å². The van der Waals surface area contributed by atoms with Gasteiger partial charge in [0.2, 0.25) is 12.5 Å². The molecule has 4 N–H and O–H groups in total. The van der Waals surface area contributed by atoms with Gasteiger partial charge in [-0.3, -0.25) is 24.5 Å². The number of nitrogens with zero attached hydrogens (tertiary/aromatic N) is 3. The summed E-state index contributed by atoms with van der Waals surface area (Å²) in [6, 6.07) is -1.10. The third kappa shape index (κ3) is 6.38. The Morgan fingerprint density at radius 3 is 2.68 bits per heavy atom. The van der Waals surface area contributed by atoms with Crippen LogP contribution in [0.15, 0.2) is 22.5 Å². The maximum Gasteiger partial charge on any atom is 0.471 e. The number of aromatic nitrogens is 1. The quantitative estimate of drug-likeness (QED) is 0.160. The van der Waals surface area contributed by atoms with Crippen molar-refractivity contribution in [1.82, 2.24) is 15.2 Å². The standard InChI is InChI=1S/C19H18F3N5O8S3/c1-2-36-6-18(16(33)34)5-27-13(31)11(14(27)38-7-18)24-12(30)10(26-35-3-9(28)29)8-4-37-17(23-8)25-15(32)19(20,21)22/h2,4,11,14H,1,3,5-7H2,(H,24,30)(H,28,29)(H,33,34)(H,23,25,32)/t11?,14-,18?/m1/s1. The number of anilines is 1. The fourth-order valence-electron chi connectivity index (χ4n) is 3.30. The Morgan fingerprint density at radius 1 is 1.37 bits per heavy atom. The number of rotatable bonds is 11. The minimum atomic E-state index is -5.19. The van der Waals surface area contributed by atoms with Gasteiger partial charge in [0, 0.05) is 23.4 Å². The minimum absolute atomic E-state index is 0.0942. The molecule has 3 heterocycles. The van der Waals surface area contributed by atoms with Crippen LogP contribution in [0.2, 0.25) is 0 Å². The molecule has 2 aliphatic heterocycles. The largest absolute Gasteiger partial charge is 0.481 e. The van der Waals surface area contributed by atoms with Crippen molar-refractivity contribution in [3.05, 3.63) is 23.1 Å². The summed E-state index contributed by atoms with van der Waals surface area (Å²) in [7, 11) is 0. The number of oxime groups is 1. The Hall–Kier alpha value is -3.32. The van der Waals surface area contributed by atoms with E-state index in [2.05, 4.69) is 26.9 Å². The van der Waals surface area contributed by atoms with Gasteiger partial charge in [0.1, 0.15) is 22.5 Å². The van der Waals surface area contributed by atoms with E-state index in [0.717, 1.165) is 17.1 Å². The number of carboxylic acid groups (broad SMARTS) is 2. The summed E-state index contributed by atoms with van der Waals surface area (Å²) < 4.78 is 37.5. The Morgan fingerprint density at radius 2 is 2.08 bits per heavy atom. The number of thiazole rings is 1. The van der Waals surface area contributed by atoms with Gasteiger partial charge in [-0.1, -0.05) is 11.7 Å². The highest BCUT2D eigenvalue weighted by molar-refractivity contribution is 8.02. The first-order valence-electron chi connectivity index (χ1n) is 10.2. The van der Waals surface area contributed by atoms with Crippen molar-refractivity contribution >= 4 is 75.4 Å². The van der Waals surface area contributed by atoms with Crippen LogP contribution in [0, 0.1) is 5.41 Å². The van der Waals surface area contributed by atoms with E-state index in [1.807, 2.05) is 0 Å². The van der Waals surface area contributed by atoms with Gasteiger partial charge >= 0.3 is 24.0 Å². The average molecular weight is 598 g/mol. The smallest absolute Gasteiger partial charge is 0.471 e. The summed E-state index contributed by atoms with van der Waals surface area (Å²) in [5.41, 5.74) is -2.24. The summed E-state index contributed by atoms with van der Waals surface area (Å²) in [5, 5.41) is 27.2. The van der Waals surface area contributed by atoms with Gasteiger partial charge in [0.15, 0.2) is 10.8 Å². The number of β-lactam (4-membered cyclic amide) rings is 1. The Balaban J connectivity index is 1.75. The summed E-state index contributed by atoms with van der Waals surface area (Å²) in [5.74, 6) is -6.15. The predicted octanol–water partition coefficient (Wildman–Crippen LogP) is 0.797. The number of hydrogen-bond donors (Lipinski definition) is 4. The van der Waals surface area contributed by atoms with E-state index in [0.29, 0.717) is 11.3 Å². The minimum Gasteiger partial charge on any atom is -0.481 e. The fourth-order valence-corrected chi connectivity index (χ4v) is 6.41. The predicted molar refractivity (Wildman–Crippen MR) is 130 cm³/mol. The van der Waals surface area contributed by atoms with E-state index in [1.165, 1.54) is 27.4 Å². The second-order valence-corrected chi connectivity index (χ2v) is 10.7. The van der Waals surface area contributed by atoms with Crippen molar-refractivity contribution in [3.63, 3.8) is 0 Å². The molecule has 206 valence electrons. The van der Waals surface area contributed by atoms with Crippen LogP contribution in [-0.4, -0.2) is 97.7 Å². The topological polar surface area (TPSA) is 188 Å². The number of carbonyl (C=O) groups is 5. The first kappa shape index (κ1) is 29.2. The highest BCUT2D eigenvalue weighted by atomic mass is 32.2. The maximum atomic E-state index is 12.9. The molecule has 0 spiro atoms. The molecule has 3 rings (SSSR count). The van der Waals surface area contributed by atoms with E-state index in [9.17, 15) is 42.3 Å². The van der Waals surface area contributed by atoms with Crippen molar-refractivity contribution in [2.24, 2.45) is 10.6 Å². The van der Waals surface area contributed by atoms with Crippen LogP contribution >= 0.6 is 34.9 Å². The molecule has 3 amide bonds. The molecular formula is C19H18F3N5O8S3. The summed E-state index contributed by atoms with van der Waals surface area (Å²) >= 11 is 2.86. The number of halogens is 3. The molecule has 19 heteroatoms. The SMILES string of the molecule is C=CSCC1(C(=O)O)CS[C@@H]2C(NC(=O)C(=NOCC(=O)O)c3csc(NC(=O)C(F)(F)F)n3)C(=O)N2C1. The number of thioether (sulfide) groups is 2. The number of amides is 3. The molecule has 2 fully saturated rings. The molecule has 1 aromatic heterocycles. The number of carboxylic acids is 2. The fraction of sp³-hybridized carbons (Fsp3) is 0.421. The van der Waals surface area contributed by atoms with Gasteiger partial charge in [-0.2, -0.15) is 13.2 Å². The number of carbonyl (C=O) groups excluding carboxylic acids is 3. The van der Waals surface area contributed by atoms with E-state index >= 15 is 0 Å². The molecule has 0 bridgehead atoms. The van der Waals surface area contributed by atoms with Crippen LogP contribution in [0.4, 0.5) is 18.3 Å². The Labute approximate surface area is 223 Å². The normalized spacial score (nSPS) is 23.1. The zero-order valence-electron chi connectivity index (χ0n) is 18.9. The molecule has 2 unspecified atom stereocenters.